The van der Waals surface area contributed by atoms with Gasteiger partial charge in [-0.3, -0.25) is 4.79 Å². The number of benzene rings is 1. The van der Waals surface area contributed by atoms with Crippen molar-refractivity contribution in [1.29, 1.82) is 5.26 Å². The number of carboxylic acid groups (broad SMARTS) is 1. The molecule has 9 nitrogen and oxygen atoms in total. The molecule has 4 rings (SSSR count). The van der Waals surface area contributed by atoms with Crippen LogP contribution >= 0.6 is 0 Å². The van der Waals surface area contributed by atoms with Gasteiger partial charge in [-0.05, 0) is 36.4 Å². The van der Waals surface area contributed by atoms with Crippen LogP contribution in [0.1, 0.15) is 16.1 Å². The van der Waals surface area contributed by atoms with E-state index >= 15 is 0 Å². The first-order valence-corrected chi connectivity index (χ1v) is 9.76. The molecule has 12 heteroatoms. The van der Waals surface area contributed by atoms with Crippen LogP contribution in [0.2, 0.25) is 0 Å². The highest BCUT2D eigenvalue weighted by atomic mass is 19.4. The Hall–Kier alpha value is -4.11. The molecule has 1 fully saturated rings. The first-order valence-electron chi connectivity index (χ1n) is 9.76. The number of rotatable bonds is 3. The molecule has 0 unspecified atom stereocenters. The number of aliphatic carboxylic acids is 1. The molecule has 1 amide bonds. The molecule has 3 N–H and O–H groups in total. The number of hydrogen-bond acceptors (Lipinski definition) is 6. The van der Waals surface area contributed by atoms with Crippen LogP contribution in [0.15, 0.2) is 48.5 Å². The molecule has 1 saturated heterocycles. The van der Waals surface area contributed by atoms with Gasteiger partial charge in [-0.1, -0.05) is 12.1 Å². The quantitative estimate of drug-likeness (QED) is 0.549. The minimum Gasteiger partial charge on any atom is -0.475 e. The Bertz CT molecular complexity index is 1200. The summed E-state index contributed by atoms with van der Waals surface area (Å²) >= 11 is 0. The fourth-order valence-corrected chi connectivity index (χ4v) is 3.09. The Labute approximate surface area is 186 Å². The van der Waals surface area contributed by atoms with Crippen LogP contribution in [0.3, 0.4) is 0 Å². The molecule has 0 spiro atoms. The van der Waals surface area contributed by atoms with Gasteiger partial charge >= 0.3 is 12.1 Å². The summed E-state index contributed by atoms with van der Waals surface area (Å²) in [5.74, 6) is -2.20. The Morgan fingerprint density at radius 2 is 1.73 bits per heavy atom. The van der Waals surface area contributed by atoms with E-state index in [0.717, 1.165) is 37.5 Å². The highest BCUT2D eigenvalue weighted by Crippen LogP contribution is 2.19. The van der Waals surface area contributed by atoms with Crippen molar-refractivity contribution < 1.29 is 27.9 Å². The van der Waals surface area contributed by atoms with E-state index in [4.69, 9.17) is 9.90 Å². The molecular formula is C21H19F3N6O3. The predicted molar refractivity (Wildman–Crippen MR) is 113 cm³/mol. The number of piperazine rings is 1. The number of nitrogens with one attached hydrogen (secondary N) is 2. The maximum atomic E-state index is 12.7. The summed E-state index contributed by atoms with van der Waals surface area (Å²) in [6, 6.07) is 16.6. The van der Waals surface area contributed by atoms with Gasteiger partial charge in [-0.2, -0.15) is 18.4 Å². The van der Waals surface area contributed by atoms with E-state index in [-0.39, 0.29) is 5.91 Å². The van der Waals surface area contributed by atoms with E-state index < -0.39 is 12.1 Å². The van der Waals surface area contributed by atoms with Crippen LogP contribution in [-0.4, -0.2) is 59.0 Å². The van der Waals surface area contributed by atoms with E-state index in [1.165, 1.54) is 0 Å². The zero-order valence-electron chi connectivity index (χ0n) is 17.1. The minimum atomic E-state index is -5.08. The van der Waals surface area contributed by atoms with Crippen LogP contribution in [0.25, 0.3) is 5.52 Å². The normalized spacial score (nSPS) is 13.6. The Morgan fingerprint density at radius 3 is 2.36 bits per heavy atom. The van der Waals surface area contributed by atoms with Crippen molar-refractivity contribution in [3.8, 4) is 6.07 Å². The maximum Gasteiger partial charge on any atom is 0.490 e. The third kappa shape index (κ3) is 5.78. The molecule has 1 aliphatic rings. The number of amides is 1. The first-order chi connectivity index (χ1) is 15.7. The Morgan fingerprint density at radius 1 is 1.09 bits per heavy atom. The van der Waals surface area contributed by atoms with E-state index in [1.54, 1.807) is 34.8 Å². The lowest BCUT2D eigenvalue weighted by Gasteiger charge is -2.28. The summed E-state index contributed by atoms with van der Waals surface area (Å²) in [4.78, 5) is 23.8. The molecule has 172 valence electrons. The second-order valence-electron chi connectivity index (χ2n) is 6.90. The number of alkyl halides is 3. The summed E-state index contributed by atoms with van der Waals surface area (Å²) in [7, 11) is 0. The Kier molecular flexibility index (Phi) is 7.14. The number of anilines is 2. The Balaban J connectivity index is 0.000000383. The molecule has 0 aliphatic carbocycles. The number of fused-ring (bicyclic) bond motifs is 1. The van der Waals surface area contributed by atoms with Crippen molar-refractivity contribution in [2.24, 2.45) is 0 Å². The van der Waals surface area contributed by atoms with Crippen molar-refractivity contribution in [3.05, 3.63) is 59.8 Å². The summed E-state index contributed by atoms with van der Waals surface area (Å²) in [5.41, 5.74) is 2.21. The molecule has 3 heterocycles. The van der Waals surface area contributed by atoms with Gasteiger partial charge in [0.25, 0.3) is 5.91 Å². The summed E-state index contributed by atoms with van der Waals surface area (Å²) in [6.45, 7) is 3.61. The molecule has 0 saturated carbocycles. The van der Waals surface area contributed by atoms with Crippen LogP contribution in [0.5, 0.6) is 0 Å². The van der Waals surface area contributed by atoms with Gasteiger partial charge in [-0.25, -0.2) is 9.31 Å². The van der Waals surface area contributed by atoms with Gasteiger partial charge in [0.2, 0.25) is 0 Å². The van der Waals surface area contributed by atoms with E-state index in [9.17, 15) is 23.2 Å². The average Bonchev–Trinajstić information content (AvgIpc) is 3.23. The van der Waals surface area contributed by atoms with Gasteiger partial charge in [0, 0.05) is 26.2 Å². The van der Waals surface area contributed by atoms with Gasteiger partial charge in [0.15, 0.2) is 0 Å². The van der Waals surface area contributed by atoms with E-state index in [1.807, 2.05) is 18.2 Å². The number of hydrogen-bond donors (Lipinski definition) is 3. The smallest absolute Gasteiger partial charge is 0.475 e. The SMILES string of the molecule is N#Cc1ccccc1NC(=O)c1ccc2ccc(N3CCNCC3)nn12.O=C(O)C(F)(F)F. The number of halogens is 3. The summed E-state index contributed by atoms with van der Waals surface area (Å²) in [6.07, 6.45) is -5.08. The van der Waals surface area contributed by atoms with Gasteiger partial charge in [-0.15, -0.1) is 5.10 Å². The van der Waals surface area contributed by atoms with Gasteiger partial charge in [0.1, 0.15) is 17.6 Å². The zero-order valence-corrected chi connectivity index (χ0v) is 17.1. The number of carbonyl (C=O) groups excluding carboxylic acids is 1. The van der Waals surface area contributed by atoms with E-state index in [0.29, 0.717) is 16.9 Å². The zero-order chi connectivity index (χ0) is 24.0. The molecule has 1 aliphatic heterocycles. The lowest BCUT2D eigenvalue weighted by molar-refractivity contribution is -0.192. The van der Waals surface area contributed by atoms with Crippen molar-refractivity contribution in [3.63, 3.8) is 0 Å². The van der Waals surface area contributed by atoms with Gasteiger partial charge in [0.05, 0.1) is 16.8 Å². The third-order valence-corrected chi connectivity index (χ3v) is 4.70. The minimum absolute atomic E-state index is 0.294. The fraction of sp³-hybridized carbons (Fsp3) is 0.238. The van der Waals surface area contributed by atoms with Crippen LogP contribution in [0, 0.1) is 11.3 Å². The maximum absolute atomic E-state index is 12.7. The van der Waals surface area contributed by atoms with E-state index in [2.05, 4.69) is 26.7 Å². The number of carboxylic acids is 1. The molecule has 0 radical (unpaired) electrons. The monoisotopic (exact) mass is 460 g/mol. The van der Waals surface area contributed by atoms with Crippen LogP contribution in [0.4, 0.5) is 24.7 Å². The standard InChI is InChI=1S/C19H18N6O.C2HF3O2/c20-13-14-3-1-2-4-16(14)22-19(26)17-7-5-15-6-8-18(23-25(15)17)24-11-9-21-10-12-24;3-2(4,5)1(6)7/h1-8,21H,9-12H2,(H,22,26);(H,6,7). The summed E-state index contributed by atoms with van der Waals surface area (Å²) < 4.78 is 33.4. The average molecular weight is 460 g/mol. The van der Waals surface area contributed by atoms with Crippen molar-refractivity contribution in [2.45, 2.75) is 6.18 Å². The molecule has 33 heavy (non-hydrogen) atoms. The molecule has 1 aromatic carbocycles. The van der Waals surface area contributed by atoms with Crippen molar-refractivity contribution >= 4 is 28.9 Å². The second-order valence-corrected chi connectivity index (χ2v) is 6.90. The lowest BCUT2D eigenvalue weighted by atomic mass is 10.2. The highest BCUT2D eigenvalue weighted by molar-refractivity contribution is 6.04. The second kappa shape index (κ2) is 10.0. The third-order valence-electron chi connectivity index (χ3n) is 4.70. The van der Waals surface area contributed by atoms with Gasteiger partial charge < -0.3 is 20.6 Å². The summed E-state index contributed by atoms with van der Waals surface area (Å²) in [5, 5.41) is 27.1. The molecule has 3 aromatic rings. The number of nitriles is 1. The first kappa shape index (κ1) is 23.6. The molecule has 2 aromatic heterocycles. The number of aromatic nitrogens is 2. The highest BCUT2D eigenvalue weighted by Gasteiger charge is 2.38. The largest absolute Gasteiger partial charge is 0.490 e. The lowest BCUT2D eigenvalue weighted by Crippen LogP contribution is -2.44. The van der Waals surface area contributed by atoms with Crippen molar-refractivity contribution in [1.82, 2.24) is 14.9 Å². The molecular weight excluding hydrogens is 441 g/mol. The fourth-order valence-electron chi connectivity index (χ4n) is 3.09. The number of carbonyl (C=O) groups is 2. The van der Waals surface area contributed by atoms with Crippen LogP contribution in [-0.2, 0) is 4.79 Å². The van der Waals surface area contributed by atoms with Crippen molar-refractivity contribution in [2.75, 3.05) is 36.4 Å². The van der Waals surface area contributed by atoms with Crippen LogP contribution < -0.4 is 15.5 Å². The molecule has 0 atom stereocenters. The number of nitrogens with zero attached hydrogens (tertiary/aromatic N) is 4. The predicted octanol–water partition coefficient (Wildman–Crippen LogP) is 2.50. The molecule has 0 bridgehead atoms. The number of para-hydroxylation sites is 1. The topological polar surface area (TPSA) is 123 Å².